The minimum absolute atomic E-state index is 0.0948. The van der Waals surface area contributed by atoms with Crippen LogP contribution in [-0.4, -0.2) is 34.6 Å². The molecule has 1 aromatic carbocycles. The zero-order valence-electron chi connectivity index (χ0n) is 12.7. The molecule has 1 amide bonds. The van der Waals surface area contributed by atoms with Crippen molar-refractivity contribution in [1.82, 2.24) is 4.90 Å². The van der Waals surface area contributed by atoms with E-state index in [1.54, 1.807) is 4.90 Å². The average molecular weight is 275 g/mol. The summed E-state index contributed by atoms with van der Waals surface area (Å²) in [5.74, 6) is 0.367. The smallest absolute Gasteiger partial charge is 0.230 e. The van der Waals surface area contributed by atoms with E-state index in [1.165, 1.54) is 0 Å². The summed E-state index contributed by atoms with van der Waals surface area (Å²) in [4.78, 5) is 14.5. The summed E-state index contributed by atoms with van der Waals surface area (Å²) < 4.78 is 0. The van der Waals surface area contributed by atoms with Gasteiger partial charge in [0.1, 0.15) is 0 Å². The normalized spacial score (nSPS) is 20.1. The number of aliphatic hydroxyl groups is 1. The molecule has 0 aromatic heterocycles. The Labute approximate surface area is 121 Å². The molecule has 1 aliphatic heterocycles. The Balaban J connectivity index is 2.15. The molecule has 2 atom stereocenters. The van der Waals surface area contributed by atoms with E-state index >= 15 is 0 Å². The molecule has 2 rings (SSSR count). The number of rotatable bonds is 5. The first kappa shape index (κ1) is 15.0. The van der Waals surface area contributed by atoms with Gasteiger partial charge in [-0.15, -0.1) is 0 Å². The molecule has 0 saturated carbocycles. The van der Waals surface area contributed by atoms with E-state index in [4.69, 9.17) is 0 Å². The number of benzene rings is 1. The number of nitrogens with zero attached hydrogens (tertiary/aromatic N) is 1. The summed E-state index contributed by atoms with van der Waals surface area (Å²) in [6.07, 6.45) is 1.67. The zero-order valence-corrected chi connectivity index (χ0v) is 12.7. The molecule has 1 heterocycles. The number of carbonyl (C=O) groups excluding carboxylic acids is 1. The van der Waals surface area contributed by atoms with Crippen LogP contribution in [0.5, 0.6) is 0 Å². The van der Waals surface area contributed by atoms with Crippen molar-refractivity contribution >= 4 is 5.91 Å². The van der Waals surface area contributed by atoms with Crippen LogP contribution in [0, 0.1) is 5.92 Å². The van der Waals surface area contributed by atoms with E-state index < -0.39 is 5.60 Å². The SMILES string of the molecule is CCC(C)C(C(=O)N1CC(O)(CC)C1)c1ccccc1. The minimum Gasteiger partial charge on any atom is -0.386 e. The second-order valence-electron chi connectivity index (χ2n) is 6.05. The highest BCUT2D eigenvalue weighted by Gasteiger charge is 2.44. The second-order valence-corrected chi connectivity index (χ2v) is 6.05. The van der Waals surface area contributed by atoms with Crippen molar-refractivity contribution in [3.8, 4) is 0 Å². The van der Waals surface area contributed by atoms with Crippen molar-refractivity contribution in [3.05, 3.63) is 35.9 Å². The molecule has 0 spiro atoms. The van der Waals surface area contributed by atoms with Gasteiger partial charge in [-0.1, -0.05) is 57.5 Å². The Morgan fingerprint density at radius 2 is 1.90 bits per heavy atom. The van der Waals surface area contributed by atoms with E-state index in [1.807, 2.05) is 37.3 Å². The Bertz CT molecular complexity index is 451. The van der Waals surface area contributed by atoms with Crippen LogP contribution in [0.4, 0.5) is 0 Å². The second kappa shape index (κ2) is 5.96. The van der Waals surface area contributed by atoms with Crippen molar-refractivity contribution in [3.63, 3.8) is 0 Å². The number of likely N-dealkylation sites (tertiary alicyclic amines) is 1. The number of hydrogen-bond acceptors (Lipinski definition) is 2. The van der Waals surface area contributed by atoms with Crippen LogP contribution in [0.25, 0.3) is 0 Å². The molecule has 3 nitrogen and oxygen atoms in total. The third-order valence-electron chi connectivity index (χ3n) is 4.58. The van der Waals surface area contributed by atoms with Gasteiger partial charge in [-0.3, -0.25) is 4.79 Å². The standard InChI is InChI=1S/C17H25NO2/c1-4-13(3)15(14-9-7-6-8-10-14)16(19)18-11-17(20,5-2)12-18/h6-10,13,15,20H,4-5,11-12H2,1-3H3. The highest BCUT2D eigenvalue weighted by molar-refractivity contribution is 5.85. The lowest BCUT2D eigenvalue weighted by Crippen LogP contribution is -2.64. The monoisotopic (exact) mass is 275 g/mol. The van der Waals surface area contributed by atoms with Crippen LogP contribution in [0.1, 0.15) is 45.1 Å². The highest BCUT2D eigenvalue weighted by atomic mass is 16.3. The Morgan fingerprint density at radius 1 is 1.30 bits per heavy atom. The number of carbonyl (C=O) groups is 1. The van der Waals surface area contributed by atoms with Gasteiger partial charge < -0.3 is 10.0 Å². The maximum absolute atomic E-state index is 12.7. The molecule has 1 saturated heterocycles. The van der Waals surface area contributed by atoms with Gasteiger partial charge >= 0.3 is 0 Å². The molecule has 2 unspecified atom stereocenters. The minimum atomic E-state index is -0.660. The van der Waals surface area contributed by atoms with E-state index in [-0.39, 0.29) is 11.8 Å². The van der Waals surface area contributed by atoms with E-state index in [0.717, 1.165) is 12.0 Å². The molecule has 1 aliphatic rings. The average Bonchev–Trinajstić information content (AvgIpc) is 2.44. The molecule has 1 aromatic rings. The molecule has 0 bridgehead atoms. The van der Waals surface area contributed by atoms with Gasteiger partial charge in [-0.25, -0.2) is 0 Å². The molecule has 0 radical (unpaired) electrons. The van der Waals surface area contributed by atoms with Crippen LogP contribution >= 0.6 is 0 Å². The molecule has 3 heteroatoms. The first-order valence-corrected chi connectivity index (χ1v) is 7.57. The molecule has 20 heavy (non-hydrogen) atoms. The van der Waals surface area contributed by atoms with E-state index in [0.29, 0.717) is 25.4 Å². The third-order valence-corrected chi connectivity index (χ3v) is 4.58. The number of β-amino-alcohol motifs (C(OH)–C–C–N with tert-alkyl or cyclic N) is 1. The fraction of sp³-hybridized carbons (Fsp3) is 0.588. The highest BCUT2D eigenvalue weighted by Crippen LogP contribution is 2.33. The lowest BCUT2D eigenvalue weighted by atomic mass is 9.82. The predicted molar refractivity (Wildman–Crippen MR) is 80.5 cm³/mol. The number of amides is 1. The maximum Gasteiger partial charge on any atom is 0.230 e. The molecule has 0 aliphatic carbocycles. The van der Waals surface area contributed by atoms with Gasteiger partial charge in [0.15, 0.2) is 0 Å². The first-order valence-electron chi connectivity index (χ1n) is 7.57. The number of hydrogen-bond donors (Lipinski definition) is 1. The van der Waals surface area contributed by atoms with Crippen LogP contribution in [0.2, 0.25) is 0 Å². The predicted octanol–water partition coefficient (Wildman–Crippen LogP) is 2.80. The summed E-state index contributed by atoms with van der Waals surface area (Å²) in [5, 5.41) is 10.1. The summed E-state index contributed by atoms with van der Waals surface area (Å²) in [6.45, 7) is 7.16. The van der Waals surface area contributed by atoms with Gasteiger partial charge in [0.25, 0.3) is 0 Å². The Hall–Kier alpha value is -1.35. The van der Waals surface area contributed by atoms with Crippen molar-refractivity contribution in [2.75, 3.05) is 13.1 Å². The van der Waals surface area contributed by atoms with Crippen molar-refractivity contribution < 1.29 is 9.90 Å². The first-order chi connectivity index (χ1) is 9.50. The fourth-order valence-electron chi connectivity index (χ4n) is 2.85. The summed E-state index contributed by atoms with van der Waals surface area (Å²) in [5.41, 5.74) is 0.422. The molecular formula is C17H25NO2. The largest absolute Gasteiger partial charge is 0.386 e. The van der Waals surface area contributed by atoms with Gasteiger partial charge in [-0.05, 0) is 17.9 Å². The van der Waals surface area contributed by atoms with Crippen LogP contribution in [0.15, 0.2) is 30.3 Å². The van der Waals surface area contributed by atoms with Crippen LogP contribution in [-0.2, 0) is 4.79 Å². The van der Waals surface area contributed by atoms with Gasteiger partial charge in [0, 0.05) is 0 Å². The van der Waals surface area contributed by atoms with E-state index in [2.05, 4.69) is 13.8 Å². The van der Waals surface area contributed by atoms with Crippen molar-refractivity contribution in [2.45, 2.75) is 45.1 Å². The molecule has 1 N–H and O–H groups in total. The van der Waals surface area contributed by atoms with Crippen molar-refractivity contribution in [2.24, 2.45) is 5.92 Å². The third kappa shape index (κ3) is 2.88. The topological polar surface area (TPSA) is 40.5 Å². The van der Waals surface area contributed by atoms with E-state index in [9.17, 15) is 9.90 Å². The zero-order chi connectivity index (χ0) is 14.8. The van der Waals surface area contributed by atoms with Crippen LogP contribution < -0.4 is 0 Å². The summed E-state index contributed by atoms with van der Waals surface area (Å²) in [7, 11) is 0. The Kier molecular flexibility index (Phi) is 4.48. The van der Waals surface area contributed by atoms with Gasteiger partial charge in [-0.2, -0.15) is 0 Å². The van der Waals surface area contributed by atoms with Gasteiger partial charge in [0.05, 0.1) is 24.6 Å². The molecular weight excluding hydrogens is 250 g/mol. The summed E-state index contributed by atoms with van der Waals surface area (Å²) >= 11 is 0. The van der Waals surface area contributed by atoms with Gasteiger partial charge in [0.2, 0.25) is 5.91 Å². The van der Waals surface area contributed by atoms with Crippen molar-refractivity contribution in [1.29, 1.82) is 0 Å². The summed E-state index contributed by atoms with van der Waals surface area (Å²) in [6, 6.07) is 10.00. The Morgan fingerprint density at radius 3 is 2.40 bits per heavy atom. The lowest BCUT2D eigenvalue weighted by molar-refractivity contribution is -0.158. The maximum atomic E-state index is 12.7. The van der Waals surface area contributed by atoms with Crippen LogP contribution in [0.3, 0.4) is 0 Å². The molecule has 110 valence electrons. The fourth-order valence-corrected chi connectivity index (χ4v) is 2.85. The quantitative estimate of drug-likeness (QED) is 0.897. The lowest BCUT2D eigenvalue weighted by Gasteiger charge is -2.47. The molecule has 1 fully saturated rings.